The Bertz CT molecular complexity index is 487. The zero-order chi connectivity index (χ0) is 16.6. The fourth-order valence-corrected chi connectivity index (χ4v) is 1.87. The zero-order valence-electron chi connectivity index (χ0n) is 14.7. The molecule has 0 aliphatic carbocycles. The second kappa shape index (κ2) is 10.5. The summed E-state index contributed by atoms with van der Waals surface area (Å²) in [4.78, 5) is 11.8. The second-order valence-electron chi connectivity index (χ2n) is 6.27. The van der Waals surface area contributed by atoms with Gasteiger partial charge in [-0.25, -0.2) is 0 Å². The largest absolute Gasteiger partial charge is 0.488 e. The lowest BCUT2D eigenvalue weighted by Crippen LogP contribution is -2.35. The lowest BCUT2D eigenvalue weighted by atomic mass is 10.1. The molecule has 2 N–H and O–H groups in total. The number of nitrogens with one attached hydrogen (secondary N) is 2. The highest BCUT2D eigenvalue weighted by atomic mass is 35.5. The van der Waals surface area contributed by atoms with Crippen molar-refractivity contribution in [2.24, 2.45) is 0 Å². The van der Waals surface area contributed by atoms with Gasteiger partial charge in [-0.3, -0.25) is 4.79 Å². The molecule has 0 aromatic heterocycles. The van der Waals surface area contributed by atoms with Gasteiger partial charge in [0, 0.05) is 25.8 Å². The first-order chi connectivity index (χ1) is 10.3. The van der Waals surface area contributed by atoms with Gasteiger partial charge in [0.15, 0.2) is 0 Å². The Kier molecular flexibility index (Phi) is 9.88. The number of carbonyl (C=O) groups is 1. The van der Waals surface area contributed by atoms with Crippen LogP contribution in [0.25, 0.3) is 0 Å². The second-order valence-corrected chi connectivity index (χ2v) is 6.27. The molecule has 0 radical (unpaired) electrons. The van der Waals surface area contributed by atoms with Crippen LogP contribution in [0.4, 0.5) is 0 Å². The number of benzene rings is 1. The highest BCUT2D eigenvalue weighted by Crippen LogP contribution is 2.24. The third kappa shape index (κ3) is 9.43. The van der Waals surface area contributed by atoms with E-state index in [0.29, 0.717) is 19.7 Å². The van der Waals surface area contributed by atoms with E-state index in [0.717, 1.165) is 16.9 Å². The summed E-state index contributed by atoms with van der Waals surface area (Å²) in [7, 11) is 1.63. The summed E-state index contributed by atoms with van der Waals surface area (Å²) in [5.41, 5.74) is 1.84. The van der Waals surface area contributed by atoms with E-state index in [2.05, 4.69) is 10.6 Å². The molecule has 0 saturated carbocycles. The van der Waals surface area contributed by atoms with Crippen LogP contribution in [0.3, 0.4) is 0 Å². The molecule has 0 fully saturated rings. The predicted molar refractivity (Wildman–Crippen MR) is 95.4 cm³/mol. The van der Waals surface area contributed by atoms with Gasteiger partial charge in [-0.1, -0.05) is 12.1 Å². The molecule has 23 heavy (non-hydrogen) atoms. The molecule has 6 heteroatoms. The topological polar surface area (TPSA) is 59.6 Å². The van der Waals surface area contributed by atoms with E-state index in [1.807, 2.05) is 45.9 Å². The van der Waals surface area contributed by atoms with Gasteiger partial charge in [0.2, 0.25) is 5.91 Å². The van der Waals surface area contributed by atoms with Crippen molar-refractivity contribution in [2.75, 3.05) is 26.8 Å². The third-order valence-electron chi connectivity index (χ3n) is 2.88. The number of hydrogen-bond acceptors (Lipinski definition) is 4. The SMILES string of the molecule is COCCNCC(=O)NCc1ccc(C)cc1OC(C)(C)C.Cl. The van der Waals surface area contributed by atoms with Gasteiger partial charge >= 0.3 is 0 Å². The number of ether oxygens (including phenoxy) is 2. The Hall–Kier alpha value is -1.30. The smallest absolute Gasteiger partial charge is 0.234 e. The van der Waals surface area contributed by atoms with Gasteiger partial charge in [0.05, 0.1) is 13.2 Å². The first kappa shape index (κ1) is 21.7. The van der Waals surface area contributed by atoms with Crippen LogP contribution in [0.1, 0.15) is 31.9 Å². The quantitative estimate of drug-likeness (QED) is 0.711. The molecule has 0 spiro atoms. The highest BCUT2D eigenvalue weighted by molar-refractivity contribution is 5.85. The minimum Gasteiger partial charge on any atom is -0.488 e. The van der Waals surface area contributed by atoms with Crippen LogP contribution < -0.4 is 15.4 Å². The van der Waals surface area contributed by atoms with E-state index in [-0.39, 0.29) is 30.5 Å². The van der Waals surface area contributed by atoms with Crippen molar-refractivity contribution < 1.29 is 14.3 Å². The monoisotopic (exact) mass is 344 g/mol. The van der Waals surface area contributed by atoms with Crippen molar-refractivity contribution in [1.29, 1.82) is 0 Å². The summed E-state index contributed by atoms with van der Waals surface area (Å²) in [6.07, 6.45) is 0. The van der Waals surface area contributed by atoms with E-state index in [1.165, 1.54) is 0 Å². The molecule has 1 aromatic rings. The van der Waals surface area contributed by atoms with E-state index in [4.69, 9.17) is 9.47 Å². The van der Waals surface area contributed by atoms with Crippen LogP contribution in [0.2, 0.25) is 0 Å². The van der Waals surface area contributed by atoms with Crippen molar-refractivity contribution in [1.82, 2.24) is 10.6 Å². The maximum Gasteiger partial charge on any atom is 0.234 e. The minimum atomic E-state index is -0.270. The van der Waals surface area contributed by atoms with Gasteiger partial charge in [-0.2, -0.15) is 0 Å². The molecular weight excluding hydrogens is 316 g/mol. The number of halogens is 1. The van der Waals surface area contributed by atoms with E-state index >= 15 is 0 Å². The van der Waals surface area contributed by atoms with Crippen LogP contribution in [-0.2, 0) is 16.1 Å². The lowest BCUT2D eigenvalue weighted by molar-refractivity contribution is -0.120. The molecule has 0 saturated heterocycles. The van der Waals surface area contributed by atoms with Crippen LogP contribution in [-0.4, -0.2) is 38.3 Å². The molecule has 0 atom stereocenters. The van der Waals surface area contributed by atoms with Crippen molar-refractivity contribution in [3.8, 4) is 5.75 Å². The molecule has 0 heterocycles. The van der Waals surface area contributed by atoms with E-state index in [1.54, 1.807) is 7.11 Å². The molecule has 0 bridgehead atoms. The molecule has 1 aromatic carbocycles. The summed E-state index contributed by atoms with van der Waals surface area (Å²) in [5, 5.41) is 5.92. The number of methoxy groups -OCH3 is 1. The third-order valence-corrected chi connectivity index (χ3v) is 2.88. The number of carbonyl (C=O) groups excluding carboxylic acids is 1. The van der Waals surface area contributed by atoms with Crippen molar-refractivity contribution >= 4 is 18.3 Å². The maximum atomic E-state index is 11.8. The normalized spacial score (nSPS) is 10.8. The fourth-order valence-electron chi connectivity index (χ4n) is 1.87. The molecule has 0 unspecified atom stereocenters. The highest BCUT2D eigenvalue weighted by Gasteiger charge is 2.15. The first-order valence-corrected chi connectivity index (χ1v) is 7.57. The van der Waals surface area contributed by atoms with Gasteiger partial charge in [0.25, 0.3) is 0 Å². The number of hydrogen-bond donors (Lipinski definition) is 2. The van der Waals surface area contributed by atoms with Gasteiger partial charge in [-0.05, 0) is 39.3 Å². The van der Waals surface area contributed by atoms with E-state index < -0.39 is 0 Å². The number of amides is 1. The van der Waals surface area contributed by atoms with Crippen molar-refractivity contribution in [3.63, 3.8) is 0 Å². The number of rotatable bonds is 8. The standard InChI is InChI=1S/C17H28N2O3.ClH/c1-13-6-7-14(15(10-13)22-17(2,3)4)11-19-16(20)12-18-8-9-21-5;/h6-7,10,18H,8-9,11-12H2,1-5H3,(H,19,20);1H. The molecular formula is C17H29ClN2O3. The summed E-state index contributed by atoms with van der Waals surface area (Å²) >= 11 is 0. The van der Waals surface area contributed by atoms with Crippen LogP contribution in [0.15, 0.2) is 18.2 Å². The lowest BCUT2D eigenvalue weighted by Gasteiger charge is -2.23. The fraction of sp³-hybridized carbons (Fsp3) is 0.588. The first-order valence-electron chi connectivity index (χ1n) is 7.57. The Morgan fingerprint density at radius 1 is 1.26 bits per heavy atom. The average Bonchev–Trinajstić information content (AvgIpc) is 2.41. The van der Waals surface area contributed by atoms with Crippen molar-refractivity contribution in [3.05, 3.63) is 29.3 Å². The molecule has 1 amide bonds. The molecule has 0 aliphatic heterocycles. The number of aryl methyl sites for hydroxylation is 1. The zero-order valence-corrected chi connectivity index (χ0v) is 15.5. The van der Waals surface area contributed by atoms with Crippen LogP contribution in [0, 0.1) is 6.92 Å². The molecule has 0 aliphatic rings. The van der Waals surface area contributed by atoms with E-state index in [9.17, 15) is 4.79 Å². The predicted octanol–water partition coefficient (Wildman–Crippen LogP) is 2.45. The van der Waals surface area contributed by atoms with Gasteiger partial charge in [0.1, 0.15) is 11.4 Å². The Balaban J connectivity index is 0.00000484. The summed E-state index contributed by atoms with van der Waals surface area (Å²) < 4.78 is 10.9. The summed E-state index contributed by atoms with van der Waals surface area (Å²) in [5.74, 6) is 0.776. The Morgan fingerprint density at radius 2 is 1.96 bits per heavy atom. The maximum absolute atomic E-state index is 11.8. The van der Waals surface area contributed by atoms with Crippen molar-refractivity contribution in [2.45, 2.75) is 39.8 Å². The van der Waals surface area contributed by atoms with Crippen LogP contribution in [0.5, 0.6) is 5.75 Å². The minimum absolute atomic E-state index is 0. The molecule has 132 valence electrons. The molecule has 1 rings (SSSR count). The molecule has 5 nitrogen and oxygen atoms in total. The average molecular weight is 345 g/mol. The van der Waals surface area contributed by atoms with Crippen LogP contribution >= 0.6 is 12.4 Å². The summed E-state index contributed by atoms with van der Waals surface area (Å²) in [6, 6.07) is 6.02. The Labute approximate surface area is 145 Å². The summed E-state index contributed by atoms with van der Waals surface area (Å²) in [6.45, 7) is 10.0. The van der Waals surface area contributed by atoms with Gasteiger partial charge < -0.3 is 20.1 Å². The van der Waals surface area contributed by atoms with Gasteiger partial charge in [-0.15, -0.1) is 12.4 Å². The Morgan fingerprint density at radius 3 is 2.57 bits per heavy atom.